The maximum atomic E-state index is 13.3. The predicted octanol–water partition coefficient (Wildman–Crippen LogP) is 6.22. The zero-order valence-corrected chi connectivity index (χ0v) is 16.1. The average Bonchev–Trinajstić information content (AvgIpc) is 2.63. The summed E-state index contributed by atoms with van der Waals surface area (Å²) in [5.74, 6) is 1.51. The fourth-order valence-corrected chi connectivity index (χ4v) is 3.25. The molecule has 0 aliphatic heterocycles. The van der Waals surface area contributed by atoms with Crippen molar-refractivity contribution < 1.29 is 9.13 Å². The number of aryl methyl sites for hydroxylation is 2. The largest absolute Gasteiger partial charge is 0.439 e. The smallest absolute Gasteiger partial charge is 0.223 e. The highest BCUT2D eigenvalue weighted by atomic mass is 35.5. The first-order chi connectivity index (χ1) is 12.5. The maximum absolute atomic E-state index is 13.3. The first-order valence-corrected chi connectivity index (χ1v) is 9.59. The normalized spacial score (nSPS) is 10.8. The lowest BCUT2D eigenvalue weighted by Gasteiger charge is -2.09. The Morgan fingerprint density at radius 3 is 2.69 bits per heavy atom. The molecule has 0 fully saturated rings. The molecule has 3 rings (SSSR count). The van der Waals surface area contributed by atoms with Crippen LogP contribution in [-0.4, -0.2) is 9.97 Å². The van der Waals surface area contributed by atoms with Crippen LogP contribution in [0.25, 0.3) is 0 Å². The number of hydrogen-bond donors (Lipinski definition) is 0. The van der Waals surface area contributed by atoms with Gasteiger partial charge in [0, 0.05) is 22.5 Å². The summed E-state index contributed by atoms with van der Waals surface area (Å²) in [5, 5.41) is 1.30. The minimum absolute atomic E-state index is 0.242. The summed E-state index contributed by atoms with van der Waals surface area (Å²) >= 11 is 7.51. The molecular weight excluding hydrogens is 371 g/mol. The molecular formula is C20H18ClFN2OS. The number of benzene rings is 2. The van der Waals surface area contributed by atoms with Gasteiger partial charge in [-0.1, -0.05) is 42.4 Å². The fourth-order valence-electron chi connectivity index (χ4n) is 2.32. The van der Waals surface area contributed by atoms with Gasteiger partial charge in [-0.15, -0.1) is 0 Å². The lowest BCUT2D eigenvalue weighted by Crippen LogP contribution is -1.97. The van der Waals surface area contributed by atoms with Gasteiger partial charge in [-0.25, -0.2) is 9.37 Å². The van der Waals surface area contributed by atoms with Gasteiger partial charge in [0.15, 0.2) is 5.16 Å². The summed E-state index contributed by atoms with van der Waals surface area (Å²) in [6, 6.07) is 13.8. The van der Waals surface area contributed by atoms with Gasteiger partial charge >= 0.3 is 0 Å². The summed E-state index contributed by atoms with van der Waals surface area (Å²) in [5.41, 5.74) is 2.72. The van der Waals surface area contributed by atoms with Crippen molar-refractivity contribution in [1.29, 1.82) is 0 Å². The van der Waals surface area contributed by atoms with E-state index in [1.54, 1.807) is 12.1 Å². The van der Waals surface area contributed by atoms with E-state index in [0.717, 1.165) is 23.2 Å². The van der Waals surface area contributed by atoms with Gasteiger partial charge in [-0.05, 0) is 54.8 Å². The van der Waals surface area contributed by atoms with Crippen molar-refractivity contribution in [3.8, 4) is 11.6 Å². The molecule has 0 saturated heterocycles. The number of rotatable bonds is 6. The standard InChI is InChI=1S/C20H18ClFN2OS/c1-3-16-11-19(25-17-7-8-18(21)13(2)9-17)24-20(23-16)26-12-14-5-4-6-15(22)10-14/h4-11H,3,12H2,1-2H3. The first kappa shape index (κ1) is 18.7. The molecule has 134 valence electrons. The Morgan fingerprint density at radius 1 is 1.12 bits per heavy atom. The minimum atomic E-state index is -0.242. The highest BCUT2D eigenvalue weighted by Crippen LogP contribution is 2.28. The molecule has 26 heavy (non-hydrogen) atoms. The van der Waals surface area contributed by atoms with E-state index >= 15 is 0 Å². The van der Waals surface area contributed by atoms with E-state index < -0.39 is 0 Å². The van der Waals surface area contributed by atoms with Gasteiger partial charge < -0.3 is 4.74 Å². The average molecular weight is 389 g/mol. The van der Waals surface area contributed by atoms with Gasteiger partial charge in [0.05, 0.1) is 0 Å². The summed E-state index contributed by atoms with van der Waals surface area (Å²) in [6.07, 6.45) is 0.770. The van der Waals surface area contributed by atoms with Crippen molar-refractivity contribution in [1.82, 2.24) is 9.97 Å². The molecule has 0 atom stereocenters. The molecule has 0 unspecified atom stereocenters. The zero-order chi connectivity index (χ0) is 18.5. The topological polar surface area (TPSA) is 35.0 Å². The Morgan fingerprint density at radius 2 is 1.96 bits per heavy atom. The van der Waals surface area contributed by atoms with Crippen LogP contribution in [0, 0.1) is 12.7 Å². The lowest BCUT2D eigenvalue weighted by molar-refractivity contribution is 0.453. The van der Waals surface area contributed by atoms with Crippen LogP contribution in [0.4, 0.5) is 4.39 Å². The van der Waals surface area contributed by atoms with Crippen molar-refractivity contribution in [3.63, 3.8) is 0 Å². The Hall–Kier alpha value is -2.11. The van der Waals surface area contributed by atoms with Gasteiger partial charge in [0.25, 0.3) is 0 Å². The van der Waals surface area contributed by atoms with Gasteiger partial charge in [0.2, 0.25) is 5.88 Å². The second-order valence-corrected chi connectivity index (χ2v) is 7.11. The predicted molar refractivity (Wildman–Crippen MR) is 104 cm³/mol. The molecule has 0 radical (unpaired) electrons. The van der Waals surface area contributed by atoms with E-state index in [2.05, 4.69) is 9.97 Å². The van der Waals surface area contributed by atoms with Crippen LogP contribution < -0.4 is 4.74 Å². The molecule has 1 aromatic heterocycles. The summed E-state index contributed by atoms with van der Waals surface area (Å²) < 4.78 is 19.2. The quantitative estimate of drug-likeness (QED) is 0.370. The van der Waals surface area contributed by atoms with Crippen LogP contribution in [0.5, 0.6) is 11.6 Å². The number of aromatic nitrogens is 2. The number of ether oxygens (including phenoxy) is 1. The molecule has 0 aliphatic rings. The van der Waals surface area contributed by atoms with Gasteiger partial charge in [0.1, 0.15) is 11.6 Å². The Labute approximate surface area is 161 Å². The van der Waals surface area contributed by atoms with Crippen molar-refractivity contribution in [2.75, 3.05) is 0 Å². The van der Waals surface area contributed by atoms with Crippen LogP contribution >= 0.6 is 23.4 Å². The molecule has 1 heterocycles. The van der Waals surface area contributed by atoms with E-state index in [1.807, 2.05) is 38.1 Å². The SMILES string of the molecule is CCc1cc(Oc2ccc(Cl)c(C)c2)nc(SCc2cccc(F)c2)n1. The molecule has 2 aromatic carbocycles. The lowest BCUT2D eigenvalue weighted by atomic mass is 10.2. The van der Waals surface area contributed by atoms with E-state index in [-0.39, 0.29) is 5.82 Å². The second-order valence-electron chi connectivity index (χ2n) is 5.77. The molecule has 0 amide bonds. The third-order valence-corrected chi connectivity index (χ3v) is 5.05. The van der Waals surface area contributed by atoms with Crippen molar-refractivity contribution in [3.05, 3.63) is 76.2 Å². The zero-order valence-electron chi connectivity index (χ0n) is 14.5. The molecule has 0 bridgehead atoms. The molecule has 0 N–H and O–H groups in total. The maximum Gasteiger partial charge on any atom is 0.223 e. The third-order valence-electron chi connectivity index (χ3n) is 3.71. The number of halogens is 2. The third kappa shape index (κ3) is 4.96. The first-order valence-electron chi connectivity index (χ1n) is 8.22. The van der Waals surface area contributed by atoms with Crippen LogP contribution in [-0.2, 0) is 12.2 Å². The highest BCUT2D eigenvalue weighted by Gasteiger charge is 2.08. The van der Waals surface area contributed by atoms with Gasteiger partial charge in [-0.2, -0.15) is 4.98 Å². The van der Waals surface area contributed by atoms with E-state index in [1.165, 1.54) is 23.9 Å². The van der Waals surface area contributed by atoms with Crippen LogP contribution in [0.3, 0.4) is 0 Å². The number of hydrogen-bond acceptors (Lipinski definition) is 4. The number of thioether (sulfide) groups is 1. The Bertz CT molecular complexity index is 920. The van der Waals surface area contributed by atoms with Crippen molar-refractivity contribution >= 4 is 23.4 Å². The summed E-state index contributed by atoms with van der Waals surface area (Å²) in [4.78, 5) is 8.99. The molecule has 6 heteroatoms. The number of nitrogens with zero attached hydrogens (tertiary/aromatic N) is 2. The molecule has 0 aliphatic carbocycles. The summed E-state index contributed by atoms with van der Waals surface area (Å²) in [6.45, 7) is 3.95. The molecule has 0 saturated carbocycles. The Balaban J connectivity index is 1.78. The summed E-state index contributed by atoms with van der Waals surface area (Å²) in [7, 11) is 0. The Kier molecular flexibility index (Phi) is 6.12. The highest BCUT2D eigenvalue weighted by molar-refractivity contribution is 7.98. The molecule has 0 spiro atoms. The van der Waals surface area contributed by atoms with E-state index in [9.17, 15) is 4.39 Å². The van der Waals surface area contributed by atoms with Crippen LogP contribution in [0.1, 0.15) is 23.7 Å². The molecule has 3 aromatic rings. The van der Waals surface area contributed by atoms with Crippen LogP contribution in [0.15, 0.2) is 53.7 Å². The van der Waals surface area contributed by atoms with E-state index in [0.29, 0.717) is 27.6 Å². The van der Waals surface area contributed by atoms with Gasteiger partial charge in [-0.3, -0.25) is 0 Å². The second kappa shape index (κ2) is 8.52. The van der Waals surface area contributed by atoms with Crippen LogP contribution in [0.2, 0.25) is 5.02 Å². The monoisotopic (exact) mass is 388 g/mol. The van der Waals surface area contributed by atoms with Crippen molar-refractivity contribution in [2.24, 2.45) is 0 Å². The fraction of sp³-hybridized carbons (Fsp3) is 0.200. The molecule has 3 nitrogen and oxygen atoms in total. The minimum Gasteiger partial charge on any atom is -0.439 e. The van der Waals surface area contributed by atoms with E-state index in [4.69, 9.17) is 16.3 Å². The van der Waals surface area contributed by atoms with Crippen molar-refractivity contribution in [2.45, 2.75) is 31.2 Å².